The molecule has 1 aliphatic rings. The van der Waals surface area contributed by atoms with Crippen LogP contribution in [0.2, 0.25) is 0 Å². The Balaban J connectivity index is 2.52. The zero-order valence-corrected chi connectivity index (χ0v) is 4.48. The predicted molar refractivity (Wildman–Crippen MR) is 27.9 cm³/mol. The first-order chi connectivity index (χ1) is 2.89. The van der Waals surface area contributed by atoms with Crippen molar-refractivity contribution < 1.29 is 4.57 Å². The van der Waals surface area contributed by atoms with E-state index in [0.29, 0.717) is 0 Å². The predicted octanol–water partition coefficient (Wildman–Crippen LogP) is 1.12. The van der Waals surface area contributed by atoms with Crippen molar-refractivity contribution in [1.29, 1.82) is 0 Å². The van der Waals surface area contributed by atoms with E-state index in [1.54, 1.807) is 0 Å². The number of allylic oxidation sites excluding steroid dienone is 2. The van der Waals surface area contributed by atoms with Gasteiger partial charge in [0.2, 0.25) is 0 Å². The summed E-state index contributed by atoms with van der Waals surface area (Å²) < 4.78 is 10.4. The molecule has 0 saturated heterocycles. The molecule has 0 aromatic carbocycles. The molecule has 1 nitrogen and oxygen atoms in total. The van der Waals surface area contributed by atoms with E-state index in [9.17, 15) is 4.57 Å². The Morgan fingerprint density at radius 1 is 1.33 bits per heavy atom. The van der Waals surface area contributed by atoms with Crippen molar-refractivity contribution >= 4 is 7.80 Å². The molecule has 0 bridgehead atoms. The summed E-state index contributed by atoms with van der Waals surface area (Å²) >= 11 is 0. The number of hydrogen-bond donors (Lipinski definition) is 0. The highest BCUT2D eigenvalue weighted by molar-refractivity contribution is 7.45. The molecule has 2 heteroatoms. The lowest BCUT2D eigenvalue weighted by atomic mass is 10.6. The Bertz CT molecular complexity index is 85.7. The van der Waals surface area contributed by atoms with E-state index in [4.69, 9.17) is 0 Å². The fraction of sp³-hybridized carbons (Fsp3) is 0.500. The van der Waals surface area contributed by atoms with Crippen LogP contribution >= 0.6 is 7.80 Å². The van der Waals surface area contributed by atoms with E-state index in [1.807, 2.05) is 12.2 Å². The third-order valence-electron chi connectivity index (χ3n) is 0.858. The quantitative estimate of drug-likeness (QED) is 0.331. The highest BCUT2D eigenvalue weighted by atomic mass is 31.1. The lowest BCUT2D eigenvalue weighted by Gasteiger charge is -1.75. The average molecular weight is 102 g/mol. The first-order valence-corrected chi connectivity index (χ1v) is 3.88. The summed E-state index contributed by atoms with van der Waals surface area (Å²) in [6.45, 7) is 0. The van der Waals surface area contributed by atoms with Crippen molar-refractivity contribution in [3.05, 3.63) is 12.2 Å². The van der Waals surface area contributed by atoms with Gasteiger partial charge in [0, 0.05) is 12.3 Å². The van der Waals surface area contributed by atoms with Crippen molar-refractivity contribution in [1.82, 2.24) is 0 Å². The second-order valence-electron chi connectivity index (χ2n) is 1.42. The maximum Gasteiger partial charge on any atom is 0.0833 e. The van der Waals surface area contributed by atoms with Gasteiger partial charge in [0.05, 0.1) is 7.80 Å². The molecule has 0 aromatic rings. The largest absolute Gasteiger partial charge is 0.326 e. The van der Waals surface area contributed by atoms with Crippen LogP contribution in [0.3, 0.4) is 0 Å². The van der Waals surface area contributed by atoms with Gasteiger partial charge in [0.1, 0.15) is 0 Å². The molecule has 0 aromatic heterocycles. The molecule has 0 saturated carbocycles. The summed E-state index contributed by atoms with van der Waals surface area (Å²) in [7, 11) is -1.12. The molecule has 0 unspecified atom stereocenters. The van der Waals surface area contributed by atoms with Crippen LogP contribution in [0.25, 0.3) is 0 Å². The Morgan fingerprint density at radius 3 is 2.00 bits per heavy atom. The summed E-state index contributed by atoms with van der Waals surface area (Å²) in [5, 5.41) is 0. The van der Waals surface area contributed by atoms with Crippen LogP contribution in [0.5, 0.6) is 0 Å². The summed E-state index contributed by atoms with van der Waals surface area (Å²) in [6.07, 6.45) is 5.68. The van der Waals surface area contributed by atoms with Crippen LogP contribution in [0.15, 0.2) is 12.2 Å². The average Bonchev–Trinajstić information content (AvgIpc) is 1.86. The molecule has 0 fully saturated rings. The maximum atomic E-state index is 10.4. The normalized spacial score (nSPS) is 22.7. The van der Waals surface area contributed by atoms with Crippen molar-refractivity contribution in [3.63, 3.8) is 0 Å². The molecule has 1 aliphatic heterocycles. The minimum absolute atomic E-state index is 0.852. The molecule has 0 N–H and O–H groups in total. The second-order valence-corrected chi connectivity index (χ2v) is 3.31. The Kier molecular flexibility index (Phi) is 1.11. The van der Waals surface area contributed by atoms with Crippen LogP contribution in [-0.2, 0) is 4.57 Å². The van der Waals surface area contributed by atoms with E-state index in [0.717, 1.165) is 12.3 Å². The maximum absolute atomic E-state index is 10.4. The second kappa shape index (κ2) is 1.61. The number of hydrogen-bond acceptors (Lipinski definition) is 1. The summed E-state index contributed by atoms with van der Waals surface area (Å²) in [5.74, 6) is 0. The van der Waals surface area contributed by atoms with Gasteiger partial charge in [0.25, 0.3) is 0 Å². The minimum atomic E-state index is -1.12. The molecular weight excluding hydrogens is 95.0 g/mol. The molecule has 0 atom stereocenters. The van der Waals surface area contributed by atoms with Gasteiger partial charge in [-0.3, -0.25) is 0 Å². The third kappa shape index (κ3) is 0.721. The van der Waals surface area contributed by atoms with Crippen molar-refractivity contribution in [2.75, 3.05) is 12.3 Å². The van der Waals surface area contributed by atoms with Crippen molar-refractivity contribution in [2.45, 2.75) is 0 Å². The summed E-state index contributed by atoms with van der Waals surface area (Å²) in [5.41, 5.74) is 0. The minimum Gasteiger partial charge on any atom is -0.326 e. The van der Waals surface area contributed by atoms with Crippen molar-refractivity contribution in [2.24, 2.45) is 0 Å². The van der Waals surface area contributed by atoms with Gasteiger partial charge in [-0.15, -0.1) is 0 Å². The molecule has 0 spiro atoms. The zero-order chi connectivity index (χ0) is 4.41. The van der Waals surface area contributed by atoms with E-state index in [-0.39, 0.29) is 0 Å². The third-order valence-corrected chi connectivity index (χ3v) is 2.24. The zero-order valence-electron chi connectivity index (χ0n) is 3.48. The fourth-order valence-corrected chi connectivity index (χ4v) is 1.54. The SMILES string of the molecule is O=[PH]1CC=CC1. The van der Waals surface area contributed by atoms with Gasteiger partial charge in [-0.2, -0.15) is 0 Å². The molecule has 0 aliphatic carbocycles. The molecule has 34 valence electrons. The van der Waals surface area contributed by atoms with Gasteiger partial charge in [-0.1, -0.05) is 12.2 Å². The van der Waals surface area contributed by atoms with Gasteiger partial charge in [-0.05, 0) is 0 Å². The number of rotatable bonds is 0. The fourth-order valence-electron chi connectivity index (χ4n) is 0.513. The van der Waals surface area contributed by atoms with Crippen LogP contribution in [-0.4, -0.2) is 12.3 Å². The van der Waals surface area contributed by atoms with Gasteiger partial charge < -0.3 is 4.57 Å². The molecule has 6 heavy (non-hydrogen) atoms. The van der Waals surface area contributed by atoms with Crippen LogP contribution in [0.4, 0.5) is 0 Å². The van der Waals surface area contributed by atoms with Gasteiger partial charge >= 0.3 is 0 Å². The molecule has 1 heterocycles. The first-order valence-electron chi connectivity index (χ1n) is 2.06. The Morgan fingerprint density at radius 2 is 1.83 bits per heavy atom. The molecule has 1 rings (SSSR count). The summed E-state index contributed by atoms with van der Waals surface area (Å²) in [6, 6.07) is 0. The highest BCUT2D eigenvalue weighted by Crippen LogP contribution is 2.24. The first kappa shape index (κ1) is 4.14. The van der Waals surface area contributed by atoms with Crippen molar-refractivity contribution in [3.8, 4) is 0 Å². The van der Waals surface area contributed by atoms with Crippen LogP contribution in [0, 0.1) is 0 Å². The Hall–Kier alpha value is -0.0300. The lowest BCUT2D eigenvalue weighted by Crippen LogP contribution is -1.57. The van der Waals surface area contributed by atoms with E-state index in [1.165, 1.54) is 0 Å². The lowest BCUT2D eigenvalue weighted by molar-refractivity contribution is 0.592. The van der Waals surface area contributed by atoms with Gasteiger partial charge in [0.15, 0.2) is 0 Å². The smallest absolute Gasteiger partial charge is 0.0833 e. The molecule has 0 radical (unpaired) electrons. The monoisotopic (exact) mass is 102 g/mol. The van der Waals surface area contributed by atoms with Crippen LogP contribution < -0.4 is 0 Å². The topological polar surface area (TPSA) is 17.1 Å². The Labute approximate surface area is 37.8 Å². The van der Waals surface area contributed by atoms with E-state index in [2.05, 4.69) is 0 Å². The standard InChI is InChI=1S/C4H7OP/c5-6-3-1-2-4-6/h1-2,6H,3-4H2. The van der Waals surface area contributed by atoms with Crippen LogP contribution in [0.1, 0.15) is 0 Å². The van der Waals surface area contributed by atoms with E-state index < -0.39 is 7.80 Å². The molecule has 0 amide bonds. The molecular formula is C4H7OP. The van der Waals surface area contributed by atoms with Gasteiger partial charge in [-0.25, -0.2) is 0 Å². The summed E-state index contributed by atoms with van der Waals surface area (Å²) in [4.78, 5) is 0. The van der Waals surface area contributed by atoms with E-state index >= 15 is 0 Å². The highest BCUT2D eigenvalue weighted by Gasteiger charge is 1.97.